The van der Waals surface area contributed by atoms with Gasteiger partial charge >= 0.3 is 5.97 Å². The Balaban J connectivity index is 2.62. The number of benzene rings is 1. The van der Waals surface area contributed by atoms with Gasteiger partial charge in [-0.1, -0.05) is 6.07 Å². The van der Waals surface area contributed by atoms with Gasteiger partial charge in [0.15, 0.2) is 0 Å². The van der Waals surface area contributed by atoms with Gasteiger partial charge in [0, 0.05) is 19.3 Å². The molecule has 0 aliphatic heterocycles. The third-order valence-electron chi connectivity index (χ3n) is 2.70. The number of nitrogens with zero attached hydrogens (tertiary/aromatic N) is 1. The Bertz CT molecular complexity index is 407. The number of carboxylic acid groups (broad SMARTS) is 1. The van der Waals surface area contributed by atoms with E-state index in [1.54, 1.807) is 24.1 Å². The molecule has 5 heteroatoms. The average molecular weight is 240 g/mol. The molecule has 1 rings (SSSR count). The molecule has 0 fully saturated rings. The third-order valence-corrected chi connectivity index (χ3v) is 2.70. The highest BCUT2D eigenvalue weighted by molar-refractivity contribution is 5.77. The monoisotopic (exact) mass is 240 g/mol. The van der Waals surface area contributed by atoms with Crippen LogP contribution in [-0.4, -0.2) is 30.2 Å². The van der Waals surface area contributed by atoms with Gasteiger partial charge in [-0.15, -0.1) is 0 Å². The topological polar surface area (TPSA) is 66.6 Å². The predicted molar refractivity (Wildman–Crippen MR) is 64.5 cm³/mol. The fraction of sp³-hybridized carbons (Fsp3) is 0.417. The Kier molecular flexibility index (Phi) is 4.07. The van der Waals surface area contributed by atoms with Crippen molar-refractivity contribution in [2.24, 2.45) is 5.73 Å². The smallest absolute Gasteiger partial charge is 0.323 e. The van der Waals surface area contributed by atoms with E-state index in [0.717, 1.165) is 0 Å². The van der Waals surface area contributed by atoms with E-state index in [1.807, 2.05) is 0 Å². The fourth-order valence-electron chi connectivity index (χ4n) is 1.35. The molecule has 0 amide bonds. The zero-order valence-electron chi connectivity index (χ0n) is 9.98. The summed E-state index contributed by atoms with van der Waals surface area (Å²) in [7, 11) is 1.77. The lowest BCUT2D eigenvalue weighted by atomic mass is 9.99. The first kappa shape index (κ1) is 13.4. The summed E-state index contributed by atoms with van der Waals surface area (Å²) >= 11 is 0. The number of carboxylic acids is 1. The minimum atomic E-state index is -1.26. The molecule has 0 aliphatic carbocycles. The molecular formula is C12H17FN2O2. The first-order valence-electron chi connectivity index (χ1n) is 5.32. The number of nitrogens with two attached hydrogens (primary N) is 1. The van der Waals surface area contributed by atoms with Gasteiger partial charge in [0.2, 0.25) is 0 Å². The molecule has 0 saturated heterocycles. The van der Waals surface area contributed by atoms with E-state index in [-0.39, 0.29) is 12.2 Å². The van der Waals surface area contributed by atoms with Gasteiger partial charge in [-0.25, -0.2) is 4.39 Å². The molecule has 94 valence electrons. The number of aliphatic carboxylic acids is 1. The van der Waals surface area contributed by atoms with Crippen molar-refractivity contribution in [1.29, 1.82) is 0 Å². The van der Waals surface area contributed by atoms with Crippen molar-refractivity contribution in [3.8, 4) is 0 Å². The van der Waals surface area contributed by atoms with Crippen LogP contribution in [0.1, 0.15) is 13.3 Å². The summed E-state index contributed by atoms with van der Waals surface area (Å²) < 4.78 is 13.0. The number of rotatable bonds is 5. The van der Waals surface area contributed by atoms with Crippen LogP contribution in [0.4, 0.5) is 10.1 Å². The molecule has 1 aromatic carbocycles. The second kappa shape index (κ2) is 5.14. The van der Waals surface area contributed by atoms with Crippen LogP contribution in [0.5, 0.6) is 0 Å². The van der Waals surface area contributed by atoms with Gasteiger partial charge in [-0.05, 0) is 31.5 Å². The maximum atomic E-state index is 13.0. The molecule has 1 atom stereocenters. The molecule has 1 aromatic rings. The van der Waals surface area contributed by atoms with Gasteiger partial charge in [0.05, 0.1) is 0 Å². The van der Waals surface area contributed by atoms with E-state index in [1.165, 1.54) is 19.1 Å². The van der Waals surface area contributed by atoms with Crippen LogP contribution in [0, 0.1) is 5.82 Å². The van der Waals surface area contributed by atoms with E-state index in [4.69, 9.17) is 10.8 Å². The summed E-state index contributed by atoms with van der Waals surface area (Å²) in [5.74, 6) is -1.35. The van der Waals surface area contributed by atoms with Crippen LogP contribution >= 0.6 is 0 Å². The van der Waals surface area contributed by atoms with Crippen molar-refractivity contribution in [3.63, 3.8) is 0 Å². The van der Waals surface area contributed by atoms with Crippen molar-refractivity contribution >= 4 is 11.7 Å². The highest BCUT2D eigenvalue weighted by atomic mass is 19.1. The summed E-state index contributed by atoms with van der Waals surface area (Å²) in [4.78, 5) is 12.6. The lowest BCUT2D eigenvalue weighted by Crippen LogP contribution is -2.47. The van der Waals surface area contributed by atoms with Crippen LogP contribution in [0.15, 0.2) is 24.3 Å². The summed E-state index contributed by atoms with van der Waals surface area (Å²) in [5, 5.41) is 8.87. The number of carbonyl (C=O) groups is 1. The van der Waals surface area contributed by atoms with Crippen molar-refractivity contribution < 1.29 is 14.3 Å². The fourth-order valence-corrected chi connectivity index (χ4v) is 1.35. The molecule has 4 nitrogen and oxygen atoms in total. The van der Waals surface area contributed by atoms with E-state index in [9.17, 15) is 9.18 Å². The number of anilines is 1. The predicted octanol–water partition coefficient (Wildman–Crippen LogP) is 1.45. The van der Waals surface area contributed by atoms with Gasteiger partial charge in [-0.3, -0.25) is 4.79 Å². The van der Waals surface area contributed by atoms with Crippen LogP contribution in [0.2, 0.25) is 0 Å². The Labute approximate surface area is 99.8 Å². The second-order valence-corrected chi connectivity index (χ2v) is 4.37. The molecule has 3 N–H and O–H groups in total. The molecule has 0 spiro atoms. The van der Waals surface area contributed by atoms with Crippen molar-refractivity contribution in [2.75, 3.05) is 18.5 Å². The number of hydrogen-bond acceptors (Lipinski definition) is 3. The van der Waals surface area contributed by atoms with Crippen LogP contribution in [0.3, 0.4) is 0 Å². The average Bonchev–Trinajstić information content (AvgIpc) is 2.25. The van der Waals surface area contributed by atoms with Crippen molar-refractivity contribution in [3.05, 3.63) is 30.1 Å². The molecule has 0 aromatic heterocycles. The van der Waals surface area contributed by atoms with Crippen LogP contribution in [-0.2, 0) is 4.79 Å². The molecule has 0 radical (unpaired) electrons. The zero-order valence-corrected chi connectivity index (χ0v) is 9.98. The standard InChI is InChI=1S/C12H17FN2O2/c1-12(14,11(16)17)6-7-15(2)10-5-3-4-9(13)8-10/h3-5,8H,6-7,14H2,1-2H3,(H,16,17). The first-order valence-corrected chi connectivity index (χ1v) is 5.32. The van der Waals surface area contributed by atoms with Crippen molar-refractivity contribution in [2.45, 2.75) is 18.9 Å². The highest BCUT2D eigenvalue weighted by Crippen LogP contribution is 2.16. The zero-order chi connectivity index (χ0) is 13.1. The van der Waals surface area contributed by atoms with E-state index in [0.29, 0.717) is 12.2 Å². The summed E-state index contributed by atoms with van der Waals surface area (Å²) in [6, 6.07) is 6.13. The molecule has 0 saturated carbocycles. The SMILES string of the molecule is CN(CCC(C)(N)C(=O)O)c1cccc(F)c1. The summed E-state index contributed by atoms with van der Waals surface area (Å²) in [6.45, 7) is 1.91. The maximum absolute atomic E-state index is 13.0. The van der Waals surface area contributed by atoms with Gasteiger partial charge in [0.1, 0.15) is 11.4 Å². The lowest BCUT2D eigenvalue weighted by molar-refractivity contribution is -0.142. The summed E-state index contributed by atoms with van der Waals surface area (Å²) in [5.41, 5.74) is 5.05. The molecular weight excluding hydrogens is 223 g/mol. The molecule has 0 aliphatic rings. The lowest BCUT2D eigenvalue weighted by Gasteiger charge is -2.25. The Morgan fingerprint density at radius 1 is 1.59 bits per heavy atom. The summed E-state index contributed by atoms with van der Waals surface area (Å²) in [6.07, 6.45) is 0.287. The van der Waals surface area contributed by atoms with Crippen LogP contribution < -0.4 is 10.6 Å². The number of halogens is 1. The number of hydrogen-bond donors (Lipinski definition) is 2. The quantitative estimate of drug-likeness (QED) is 0.817. The van der Waals surface area contributed by atoms with E-state index < -0.39 is 11.5 Å². The largest absolute Gasteiger partial charge is 0.480 e. The first-order chi connectivity index (χ1) is 7.83. The van der Waals surface area contributed by atoms with Crippen LogP contribution in [0.25, 0.3) is 0 Å². The Hall–Kier alpha value is -1.62. The van der Waals surface area contributed by atoms with E-state index >= 15 is 0 Å². The molecule has 0 bridgehead atoms. The van der Waals surface area contributed by atoms with Gasteiger partial charge < -0.3 is 15.7 Å². The molecule has 1 unspecified atom stereocenters. The van der Waals surface area contributed by atoms with Crippen molar-refractivity contribution in [1.82, 2.24) is 0 Å². The molecule has 17 heavy (non-hydrogen) atoms. The Morgan fingerprint density at radius 3 is 2.76 bits per heavy atom. The van der Waals surface area contributed by atoms with Gasteiger partial charge in [0.25, 0.3) is 0 Å². The maximum Gasteiger partial charge on any atom is 0.323 e. The third kappa shape index (κ3) is 3.71. The Morgan fingerprint density at radius 2 is 2.24 bits per heavy atom. The minimum absolute atomic E-state index is 0.287. The normalized spacial score (nSPS) is 14.1. The van der Waals surface area contributed by atoms with Gasteiger partial charge in [-0.2, -0.15) is 0 Å². The highest BCUT2D eigenvalue weighted by Gasteiger charge is 2.27. The van der Waals surface area contributed by atoms with E-state index in [2.05, 4.69) is 0 Å². The minimum Gasteiger partial charge on any atom is -0.480 e. The molecule has 0 heterocycles. The second-order valence-electron chi connectivity index (χ2n) is 4.37.